The molecule has 0 aromatic carbocycles. The van der Waals surface area contributed by atoms with E-state index in [-0.39, 0.29) is 5.52 Å². The van der Waals surface area contributed by atoms with Gasteiger partial charge in [0.2, 0.25) is 0 Å². The van der Waals surface area contributed by atoms with Crippen molar-refractivity contribution in [2.45, 2.75) is 20.0 Å². The first-order valence-corrected chi connectivity index (χ1v) is 7.74. The van der Waals surface area contributed by atoms with Gasteiger partial charge in [0.1, 0.15) is 17.1 Å². The lowest BCUT2D eigenvalue weighted by Gasteiger charge is -2.12. The average Bonchev–Trinajstić information content (AvgIpc) is 2.89. The van der Waals surface area contributed by atoms with Crippen LogP contribution in [-0.2, 0) is 13.2 Å². The lowest BCUT2D eigenvalue weighted by Crippen LogP contribution is -2.06. The largest absolute Gasteiger partial charge is 0.491 e. The van der Waals surface area contributed by atoms with Gasteiger partial charge in [0.05, 0.1) is 23.9 Å². The molecule has 0 spiro atoms. The van der Waals surface area contributed by atoms with Crippen LogP contribution in [0.15, 0.2) is 30.7 Å². The molecule has 0 aliphatic carbocycles. The van der Waals surface area contributed by atoms with Crippen LogP contribution in [0.4, 0.5) is 13.2 Å². The monoisotopic (exact) mass is 350 g/mol. The standard InChI is InChI=1S/C17H17F3N4O/c1-10(2)9-25-14-8-21-5-4-12(14)15-23-13-6-11(17(18,19)20)7-22-16(13)24(15)3/h4-8,10H,9H2,1-3H3. The van der Waals surface area contributed by atoms with Crippen LogP contribution in [0.3, 0.4) is 0 Å². The summed E-state index contributed by atoms with van der Waals surface area (Å²) in [4.78, 5) is 12.3. The maximum atomic E-state index is 12.9. The topological polar surface area (TPSA) is 52.8 Å². The number of nitrogens with zero attached hydrogens (tertiary/aromatic N) is 4. The zero-order valence-corrected chi connectivity index (χ0v) is 14.0. The van der Waals surface area contributed by atoms with Gasteiger partial charge in [-0.05, 0) is 18.1 Å². The van der Waals surface area contributed by atoms with Crippen molar-refractivity contribution < 1.29 is 17.9 Å². The van der Waals surface area contributed by atoms with Gasteiger partial charge in [0.15, 0.2) is 5.65 Å². The van der Waals surface area contributed by atoms with Crippen molar-refractivity contribution in [1.29, 1.82) is 0 Å². The Morgan fingerprint density at radius 3 is 2.68 bits per heavy atom. The molecule has 0 N–H and O–H groups in total. The minimum Gasteiger partial charge on any atom is -0.491 e. The number of alkyl halides is 3. The number of aromatic nitrogens is 4. The third-order valence-corrected chi connectivity index (χ3v) is 3.63. The Labute approximate surface area is 142 Å². The van der Waals surface area contributed by atoms with E-state index in [1.165, 1.54) is 0 Å². The predicted molar refractivity (Wildman–Crippen MR) is 87.1 cm³/mol. The van der Waals surface area contributed by atoms with E-state index in [2.05, 4.69) is 15.0 Å². The fourth-order valence-corrected chi connectivity index (χ4v) is 2.41. The van der Waals surface area contributed by atoms with Gasteiger partial charge in [-0.15, -0.1) is 0 Å². The second kappa shape index (κ2) is 6.34. The Hall–Kier alpha value is -2.64. The molecule has 0 aliphatic heterocycles. The summed E-state index contributed by atoms with van der Waals surface area (Å²) in [5.41, 5.74) is 0.383. The van der Waals surface area contributed by atoms with E-state index in [9.17, 15) is 13.2 Å². The normalized spacial score (nSPS) is 12.1. The summed E-state index contributed by atoms with van der Waals surface area (Å²) in [6.07, 6.45) is -0.477. The van der Waals surface area contributed by atoms with Crippen LogP contribution in [0.1, 0.15) is 19.4 Å². The quantitative estimate of drug-likeness (QED) is 0.711. The van der Waals surface area contributed by atoms with Crippen LogP contribution in [0.2, 0.25) is 0 Å². The van der Waals surface area contributed by atoms with E-state index in [0.717, 1.165) is 12.3 Å². The van der Waals surface area contributed by atoms with Crippen LogP contribution in [0, 0.1) is 5.92 Å². The molecule has 0 amide bonds. The molecule has 3 rings (SSSR count). The Balaban J connectivity index is 2.09. The lowest BCUT2D eigenvalue weighted by atomic mass is 10.2. The van der Waals surface area contributed by atoms with Crippen LogP contribution in [-0.4, -0.2) is 26.1 Å². The SMILES string of the molecule is CC(C)COc1cnccc1-c1nc2cc(C(F)(F)F)cnc2n1C. The molecule has 25 heavy (non-hydrogen) atoms. The van der Waals surface area contributed by atoms with E-state index in [0.29, 0.717) is 35.3 Å². The second-order valence-electron chi connectivity index (χ2n) is 6.14. The molecule has 132 valence electrons. The number of fused-ring (bicyclic) bond motifs is 1. The second-order valence-corrected chi connectivity index (χ2v) is 6.14. The number of aryl methyl sites for hydroxylation is 1. The number of hydrogen-bond acceptors (Lipinski definition) is 4. The number of imidazole rings is 1. The van der Waals surface area contributed by atoms with Crippen molar-refractivity contribution in [1.82, 2.24) is 19.5 Å². The minimum absolute atomic E-state index is 0.180. The van der Waals surface area contributed by atoms with E-state index in [4.69, 9.17) is 4.74 Å². The van der Waals surface area contributed by atoms with Crippen molar-refractivity contribution in [3.63, 3.8) is 0 Å². The molecule has 0 fully saturated rings. The summed E-state index contributed by atoms with van der Waals surface area (Å²) in [7, 11) is 1.71. The molecule has 0 unspecified atom stereocenters. The molecule has 8 heteroatoms. The fourth-order valence-electron chi connectivity index (χ4n) is 2.41. The molecule has 0 aliphatic rings. The zero-order chi connectivity index (χ0) is 18.2. The fraction of sp³-hybridized carbons (Fsp3) is 0.353. The minimum atomic E-state index is -4.46. The summed E-state index contributed by atoms with van der Waals surface area (Å²) in [6, 6.07) is 2.73. The lowest BCUT2D eigenvalue weighted by molar-refractivity contribution is -0.137. The van der Waals surface area contributed by atoms with Crippen molar-refractivity contribution in [2.24, 2.45) is 13.0 Å². The highest BCUT2D eigenvalue weighted by molar-refractivity contribution is 5.79. The zero-order valence-electron chi connectivity index (χ0n) is 14.0. The Morgan fingerprint density at radius 2 is 2.00 bits per heavy atom. The van der Waals surface area contributed by atoms with Crippen molar-refractivity contribution in [2.75, 3.05) is 6.61 Å². The molecule has 3 aromatic rings. The highest BCUT2D eigenvalue weighted by Crippen LogP contribution is 2.33. The number of halogens is 3. The summed E-state index contributed by atoms with van der Waals surface area (Å²) < 4.78 is 46.1. The van der Waals surface area contributed by atoms with Crippen molar-refractivity contribution in [3.8, 4) is 17.1 Å². The van der Waals surface area contributed by atoms with Gasteiger partial charge < -0.3 is 9.30 Å². The number of pyridine rings is 2. The van der Waals surface area contributed by atoms with E-state index in [1.54, 1.807) is 30.1 Å². The molecule has 0 atom stereocenters. The highest BCUT2D eigenvalue weighted by Gasteiger charge is 2.31. The number of ether oxygens (including phenoxy) is 1. The van der Waals surface area contributed by atoms with Crippen molar-refractivity contribution in [3.05, 3.63) is 36.3 Å². The van der Waals surface area contributed by atoms with E-state index in [1.807, 2.05) is 13.8 Å². The van der Waals surface area contributed by atoms with Crippen LogP contribution >= 0.6 is 0 Å². The molecule has 3 heterocycles. The summed E-state index contributed by atoms with van der Waals surface area (Å²) >= 11 is 0. The number of rotatable bonds is 4. The van der Waals surface area contributed by atoms with Gasteiger partial charge in [0, 0.05) is 19.4 Å². The maximum absolute atomic E-state index is 12.9. The Bertz CT molecular complexity index is 903. The first-order valence-electron chi connectivity index (χ1n) is 7.74. The van der Waals surface area contributed by atoms with Crippen LogP contribution in [0.5, 0.6) is 5.75 Å². The third-order valence-electron chi connectivity index (χ3n) is 3.63. The summed E-state index contributed by atoms with van der Waals surface area (Å²) in [5, 5.41) is 0. The molecular formula is C17H17F3N4O. The van der Waals surface area contributed by atoms with Gasteiger partial charge in [-0.25, -0.2) is 9.97 Å². The molecule has 0 saturated carbocycles. The molecule has 0 bridgehead atoms. The van der Waals surface area contributed by atoms with Gasteiger partial charge in [0.25, 0.3) is 0 Å². The average molecular weight is 350 g/mol. The van der Waals surface area contributed by atoms with Gasteiger partial charge in [-0.1, -0.05) is 13.8 Å². The third kappa shape index (κ3) is 3.42. The van der Waals surface area contributed by atoms with Gasteiger partial charge in [-0.3, -0.25) is 4.98 Å². The summed E-state index contributed by atoms with van der Waals surface area (Å²) in [6.45, 7) is 4.54. The first kappa shape index (κ1) is 17.2. The molecular weight excluding hydrogens is 333 g/mol. The van der Waals surface area contributed by atoms with Gasteiger partial charge >= 0.3 is 6.18 Å². The summed E-state index contributed by atoms with van der Waals surface area (Å²) in [5.74, 6) is 1.33. The smallest absolute Gasteiger partial charge is 0.417 e. The molecule has 3 aromatic heterocycles. The Kier molecular flexibility index (Phi) is 4.36. The highest BCUT2D eigenvalue weighted by atomic mass is 19.4. The molecule has 5 nitrogen and oxygen atoms in total. The molecule has 0 radical (unpaired) electrons. The maximum Gasteiger partial charge on any atom is 0.417 e. The van der Waals surface area contributed by atoms with E-state index >= 15 is 0 Å². The van der Waals surface area contributed by atoms with Crippen molar-refractivity contribution >= 4 is 11.2 Å². The molecule has 0 saturated heterocycles. The van der Waals surface area contributed by atoms with Crippen LogP contribution < -0.4 is 4.74 Å². The van der Waals surface area contributed by atoms with Crippen LogP contribution in [0.25, 0.3) is 22.6 Å². The Morgan fingerprint density at radius 1 is 1.24 bits per heavy atom. The van der Waals surface area contributed by atoms with E-state index < -0.39 is 11.7 Å². The number of hydrogen-bond donors (Lipinski definition) is 0. The predicted octanol–water partition coefficient (Wildman–Crippen LogP) is 4.08. The van der Waals surface area contributed by atoms with Gasteiger partial charge in [-0.2, -0.15) is 13.2 Å². The first-order chi connectivity index (χ1) is 11.8.